The van der Waals surface area contributed by atoms with Crippen molar-refractivity contribution in [3.05, 3.63) is 29.8 Å². The van der Waals surface area contributed by atoms with E-state index in [0.29, 0.717) is 12.0 Å². The molecule has 2 aliphatic heterocycles. The number of benzene rings is 1. The van der Waals surface area contributed by atoms with Crippen molar-refractivity contribution >= 4 is 0 Å². The molecular weight excluding hydrogens is 300 g/mol. The van der Waals surface area contributed by atoms with Crippen LogP contribution >= 0.6 is 0 Å². The fraction of sp³-hybridized carbons (Fsp3) is 0.700. The van der Waals surface area contributed by atoms with Gasteiger partial charge in [-0.2, -0.15) is 0 Å². The van der Waals surface area contributed by atoms with Gasteiger partial charge in [-0.05, 0) is 69.4 Å². The summed E-state index contributed by atoms with van der Waals surface area (Å²) in [5.41, 5.74) is 1.35. The number of rotatable bonds is 6. The molecule has 24 heavy (non-hydrogen) atoms. The number of nitrogens with zero attached hydrogens (tertiary/aromatic N) is 2. The molecule has 0 N–H and O–H groups in total. The summed E-state index contributed by atoms with van der Waals surface area (Å²) < 4.78 is 11.2. The van der Waals surface area contributed by atoms with Crippen molar-refractivity contribution in [1.82, 2.24) is 9.80 Å². The number of hydrogen-bond donors (Lipinski definition) is 0. The normalized spacial score (nSPS) is 26.4. The van der Waals surface area contributed by atoms with E-state index in [1.54, 1.807) is 7.11 Å². The van der Waals surface area contributed by atoms with Crippen molar-refractivity contribution in [2.75, 3.05) is 46.5 Å². The zero-order chi connectivity index (χ0) is 16.8. The number of ether oxygens (including phenoxy) is 2. The Morgan fingerprint density at radius 1 is 1.12 bits per heavy atom. The molecule has 0 aromatic heterocycles. The van der Waals surface area contributed by atoms with Gasteiger partial charge in [-0.25, -0.2) is 0 Å². The molecule has 1 aromatic carbocycles. The van der Waals surface area contributed by atoms with Crippen LogP contribution in [0.15, 0.2) is 24.3 Å². The van der Waals surface area contributed by atoms with Crippen molar-refractivity contribution in [2.24, 2.45) is 5.92 Å². The van der Waals surface area contributed by atoms with Crippen LogP contribution < -0.4 is 4.74 Å². The molecule has 0 amide bonds. The highest BCUT2D eigenvalue weighted by Crippen LogP contribution is 2.23. The average Bonchev–Trinajstić information content (AvgIpc) is 3.07. The lowest BCUT2D eigenvalue weighted by atomic mass is 9.96. The summed E-state index contributed by atoms with van der Waals surface area (Å²) in [6.07, 6.45) is 4.00. The van der Waals surface area contributed by atoms with E-state index in [2.05, 4.69) is 41.0 Å². The van der Waals surface area contributed by atoms with Gasteiger partial charge in [0.05, 0.1) is 20.3 Å². The van der Waals surface area contributed by atoms with Crippen molar-refractivity contribution < 1.29 is 9.47 Å². The van der Waals surface area contributed by atoms with Gasteiger partial charge in [-0.1, -0.05) is 12.1 Å². The topological polar surface area (TPSA) is 24.9 Å². The maximum absolute atomic E-state index is 5.92. The Kier molecular flexibility index (Phi) is 6.52. The highest BCUT2D eigenvalue weighted by Gasteiger charge is 2.27. The molecule has 2 aliphatic rings. The first-order valence-corrected chi connectivity index (χ1v) is 9.43. The fourth-order valence-corrected chi connectivity index (χ4v) is 3.93. The summed E-state index contributed by atoms with van der Waals surface area (Å²) in [7, 11) is 1.72. The smallest absolute Gasteiger partial charge is 0.118 e. The maximum atomic E-state index is 5.92. The number of likely N-dealkylation sites (tertiary alicyclic amines) is 1. The highest BCUT2D eigenvalue weighted by atomic mass is 16.5. The zero-order valence-corrected chi connectivity index (χ0v) is 15.2. The van der Waals surface area contributed by atoms with Crippen LogP contribution in [0.2, 0.25) is 0 Å². The molecule has 4 nitrogen and oxygen atoms in total. The molecule has 4 heteroatoms. The van der Waals surface area contributed by atoms with E-state index in [4.69, 9.17) is 9.47 Å². The van der Waals surface area contributed by atoms with Crippen LogP contribution in [0, 0.1) is 5.92 Å². The molecule has 2 atom stereocenters. The molecule has 0 radical (unpaired) electrons. The van der Waals surface area contributed by atoms with Crippen molar-refractivity contribution in [3.63, 3.8) is 0 Å². The van der Waals surface area contributed by atoms with Crippen molar-refractivity contribution in [2.45, 2.75) is 38.8 Å². The third kappa shape index (κ3) is 4.71. The molecule has 0 saturated carbocycles. The molecule has 1 aromatic rings. The third-order valence-corrected chi connectivity index (χ3v) is 5.67. The van der Waals surface area contributed by atoms with E-state index in [0.717, 1.165) is 32.1 Å². The first kappa shape index (κ1) is 17.7. The highest BCUT2D eigenvalue weighted by molar-refractivity contribution is 5.27. The minimum absolute atomic E-state index is 0.567. The van der Waals surface area contributed by atoms with Gasteiger partial charge in [0.2, 0.25) is 0 Å². The van der Waals surface area contributed by atoms with Crippen LogP contribution in [0.1, 0.15) is 31.7 Å². The van der Waals surface area contributed by atoms with Crippen LogP contribution in [-0.4, -0.2) is 62.3 Å². The lowest BCUT2D eigenvalue weighted by molar-refractivity contribution is 0.108. The molecule has 134 valence electrons. The predicted molar refractivity (Wildman–Crippen MR) is 97.5 cm³/mol. The summed E-state index contributed by atoms with van der Waals surface area (Å²) >= 11 is 0. The van der Waals surface area contributed by atoms with Crippen LogP contribution in [0.25, 0.3) is 0 Å². The lowest BCUT2D eigenvalue weighted by Crippen LogP contribution is -2.39. The Labute approximate surface area is 146 Å². The Morgan fingerprint density at radius 3 is 2.58 bits per heavy atom. The SMILES string of the molecule is COc1ccc(CN2CCOC[C@@H](CCN3CCCC3)[C@@H]2C)cc1. The Balaban J connectivity index is 1.56. The molecular formula is C20H32N2O2. The first-order chi connectivity index (χ1) is 11.8. The van der Waals surface area contributed by atoms with Crippen LogP contribution in [0.5, 0.6) is 5.75 Å². The minimum atomic E-state index is 0.567. The second-order valence-corrected chi connectivity index (χ2v) is 7.23. The second kappa shape index (κ2) is 8.84. The summed E-state index contributed by atoms with van der Waals surface area (Å²) in [4.78, 5) is 5.20. The molecule has 0 aliphatic carbocycles. The second-order valence-electron chi connectivity index (χ2n) is 7.23. The van der Waals surface area contributed by atoms with Crippen LogP contribution in [0.4, 0.5) is 0 Å². The predicted octanol–water partition coefficient (Wildman–Crippen LogP) is 3.02. The maximum Gasteiger partial charge on any atom is 0.118 e. The van der Waals surface area contributed by atoms with E-state index < -0.39 is 0 Å². The van der Waals surface area contributed by atoms with Gasteiger partial charge in [0, 0.05) is 19.1 Å². The summed E-state index contributed by atoms with van der Waals surface area (Å²) in [6, 6.07) is 9.03. The zero-order valence-electron chi connectivity index (χ0n) is 15.2. The molecule has 0 bridgehead atoms. The summed E-state index contributed by atoms with van der Waals surface area (Å²) in [6.45, 7) is 9.97. The van der Waals surface area contributed by atoms with E-state index in [1.807, 2.05) is 0 Å². The van der Waals surface area contributed by atoms with Crippen LogP contribution in [0.3, 0.4) is 0 Å². The first-order valence-electron chi connectivity index (χ1n) is 9.43. The van der Waals surface area contributed by atoms with Gasteiger partial charge >= 0.3 is 0 Å². The van der Waals surface area contributed by atoms with E-state index in [9.17, 15) is 0 Å². The fourth-order valence-electron chi connectivity index (χ4n) is 3.93. The standard InChI is InChI=1S/C20H32N2O2/c1-17-19(9-12-21-10-3-4-11-21)16-24-14-13-22(17)15-18-5-7-20(23-2)8-6-18/h5-8,17,19H,3-4,9-16H2,1-2H3/t17-,19+/m0/s1. The summed E-state index contributed by atoms with van der Waals surface area (Å²) in [5, 5.41) is 0. The lowest BCUT2D eigenvalue weighted by Gasteiger charge is -2.32. The Bertz CT molecular complexity index is 485. The molecule has 2 heterocycles. The molecule has 0 unspecified atom stereocenters. The van der Waals surface area contributed by atoms with Gasteiger partial charge < -0.3 is 14.4 Å². The van der Waals surface area contributed by atoms with E-state index in [1.165, 1.54) is 44.5 Å². The van der Waals surface area contributed by atoms with Gasteiger partial charge in [-0.15, -0.1) is 0 Å². The summed E-state index contributed by atoms with van der Waals surface area (Å²) in [5.74, 6) is 1.56. The Morgan fingerprint density at radius 2 is 1.88 bits per heavy atom. The average molecular weight is 332 g/mol. The molecule has 0 spiro atoms. The molecule has 3 rings (SSSR count). The monoisotopic (exact) mass is 332 g/mol. The largest absolute Gasteiger partial charge is 0.497 e. The molecule has 2 saturated heterocycles. The molecule has 2 fully saturated rings. The number of methoxy groups -OCH3 is 1. The van der Waals surface area contributed by atoms with Crippen molar-refractivity contribution in [3.8, 4) is 5.75 Å². The Hall–Kier alpha value is -1.10. The third-order valence-electron chi connectivity index (χ3n) is 5.67. The van der Waals surface area contributed by atoms with Gasteiger partial charge in [0.1, 0.15) is 5.75 Å². The van der Waals surface area contributed by atoms with Gasteiger partial charge in [0.25, 0.3) is 0 Å². The quantitative estimate of drug-likeness (QED) is 0.799. The van der Waals surface area contributed by atoms with Gasteiger partial charge in [-0.3, -0.25) is 4.90 Å². The van der Waals surface area contributed by atoms with Gasteiger partial charge in [0.15, 0.2) is 0 Å². The van der Waals surface area contributed by atoms with E-state index in [-0.39, 0.29) is 0 Å². The number of hydrogen-bond acceptors (Lipinski definition) is 4. The van der Waals surface area contributed by atoms with Crippen LogP contribution in [-0.2, 0) is 11.3 Å². The van der Waals surface area contributed by atoms with E-state index >= 15 is 0 Å². The van der Waals surface area contributed by atoms with Crippen molar-refractivity contribution in [1.29, 1.82) is 0 Å². The minimum Gasteiger partial charge on any atom is -0.497 e.